The molecule has 0 bridgehead atoms. The fourth-order valence-electron chi connectivity index (χ4n) is 1.64. The molecule has 0 saturated heterocycles. The average molecular weight is 209 g/mol. The van der Waals surface area contributed by atoms with Gasteiger partial charge in [0, 0.05) is 12.5 Å². The summed E-state index contributed by atoms with van der Waals surface area (Å²) >= 11 is 0. The van der Waals surface area contributed by atoms with Crippen LogP contribution >= 0.6 is 0 Å². The van der Waals surface area contributed by atoms with Crippen molar-refractivity contribution < 1.29 is 0 Å². The molecule has 0 amide bonds. The Morgan fingerprint density at radius 2 is 2.33 bits per heavy atom. The minimum Gasteiger partial charge on any atom is -0.314 e. The molecule has 1 unspecified atom stereocenters. The van der Waals surface area contributed by atoms with Gasteiger partial charge in [0.2, 0.25) is 0 Å². The van der Waals surface area contributed by atoms with Gasteiger partial charge in [-0.15, -0.1) is 10.2 Å². The normalized spacial score (nSPS) is 18.0. The Hall–Kier alpha value is -0.970. The van der Waals surface area contributed by atoms with Gasteiger partial charge in [0.25, 0.3) is 0 Å². The van der Waals surface area contributed by atoms with Gasteiger partial charge in [-0.1, -0.05) is 13.3 Å². The molecule has 1 fully saturated rings. The number of rotatable bonds is 6. The van der Waals surface area contributed by atoms with Crippen molar-refractivity contribution in [2.75, 3.05) is 6.54 Å². The molecule has 1 atom stereocenters. The quantitative estimate of drug-likeness (QED) is 0.742. The average Bonchev–Trinajstić information content (AvgIpc) is 2.97. The van der Waals surface area contributed by atoms with E-state index >= 15 is 0 Å². The Labute approximate surface area is 90.2 Å². The summed E-state index contributed by atoms with van der Waals surface area (Å²) in [6.07, 6.45) is 4.79. The highest BCUT2D eigenvalue weighted by Crippen LogP contribution is 2.19. The molecule has 1 aromatic heterocycles. The van der Waals surface area contributed by atoms with Gasteiger partial charge in [-0.3, -0.25) is 0 Å². The summed E-state index contributed by atoms with van der Waals surface area (Å²) in [4.78, 5) is 1.52. The van der Waals surface area contributed by atoms with Gasteiger partial charge in [-0.05, 0) is 30.5 Å². The SMILES string of the molecule is CCC(CNC1CC1)Cc1nnn(C)n1. The van der Waals surface area contributed by atoms with Crippen LogP contribution in [0.25, 0.3) is 0 Å². The Kier molecular flexibility index (Phi) is 3.30. The lowest BCUT2D eigenvalue weighted by Crippen LogP contribution is -2.26. The van der Waals surface area contributed by atoms with Gasteiger partial charge in [-0.25, -0.2) is 0 Å². The monoisotopic (exact) mass is 209 g/mol. The molecule has 1 saturated carbocycles. The number of hydrogen-bond acceptors (Lipinski definition) is 4. The lowest BCUT2D eigenvalue weighted by molar-refractivity contribution is 0.449. The predicted molar refractivity (Wildman–Crippen MR) is 57.3 cm³/mol. The van der Waals surface area contributed by atoms with Crippen molar-refractivity contribution in [1.82, 2.24) is 25.5 Å². The zero-order chi connectivity index (χ0) is 10.7. The Morgan fingerprint density at radius 1 is 1.53 bits per heavy atom. The molecule has 0 spiro atoms. The molecule has 0 aromatic carbocycles. The fourth-order valence-corrected chi connectivity index (χ4v) is 1.64. The predicted octanol–water partition coefficient (Wildman–Crippen LogP) is 0.531. The number of nitrogens with one attached hydrogen (secondary N) is 1. The van der Waals surface area contributed by atoms with Crippen LogP contribution in [0.1, 0.15) is 32.0 Å². The van der Waals surface area contributed by atoms with E-state index in [9.17, 15) is 0 Å². The first-order valence-electron chi connectivity index (χ1n) is 5.74. The minimum atomic E-state index is 0.634. The molecular formula is C10H19N5. The lowest BCUT2D eigenvalue weighted by atomic mass is 10.0. The highest BCUT2D eigenvalue weighted by atomic mass is 15.6. The second-order valence-corrected chi connectivity index (χ2v) is 4.36. The van der Waals surface area contributed by atoms with E-state index in [1.807, 2.05) is 0 Å². The number of aryl methyl sites for hydroxylation is 1. The molecule has 1 aliphatic carbocycles. The molecule has 1 aromatic rings. The first kappa shape index (κ1) is 10.5. The van der Waals surface area contributed by atoms with E-state index in [1.165, 1.54) is 17.6 Å². The molecule has 0 aliphatic heterocycles. The largest absolute Gasteiger partial charge is 0.314 e. The topological polar surface area (TPSA) is 55.6 Å². The summed E-state index contributed by atoms with van der Waals surface area (Å²) < 4.78 is 0. The maximum absolute atomic E-state index is 4.21. The maximum atomic E-state index is 4.21. The van der Waals surface area contributed by atoms with Gasteiger partial charge in [0.05, 0.1) is 7.05 Å². The van der Waals surface area contributed by atoms with Gasteiger partial charge in [0.15, 0.2) is 5.82 Å². The standard InChI is InChI=1S/C10H19N5/c1-3-8(7-11-9-4-5-9)6-10-12-14-15(2)13-10/h8-9,11H,3-7H2,1-2H3. The van der Waals surface area contributed by atoms with E-state index in [0.717, 1.165) is 31.3 Å². The van der Waals surface area contributed by atoms with Crippen LogP contribution in [-0.4, -0.2) is 32.8 Å². The molecule has 1 heterocycles. The van der Waals surface area contributed by atoms with E-state index in [2.05, 4.69) is 27.7 Å². The summed E-state index contributed by atoms with van der Waals surface area (Å²) in [6, 6.07) is 0.786. The molecule has 0 radical (unpaired) electrons. The maximum Gasteiger partial charge on any atom is 0.175 e. The molecular weight excluding hydrogens is 190 g/mol. The van der Waals surface area contributed by atoms with Crippen molar-refractivity contribution in [3.8, 4) is 0 Å². The highest BCUT2D eigenvalue weighted by Gasteiger charge is 2.21. The van der Waals surface area contributed by atoms with E-state index in [1.54, 1.807) is 7.05 Å². The van der Waals surface area contributed by atoms with Crippen molar-refractivity contribution in [2.45, 2.75) is 38.6 Å². The third kappa shape index (κ3) is 3.27. The molecule has 5 nitrogen and oxygen atoms in total. The first-order valence-corrected chi connectivity index (χ1v) is 5.74. The molecule has 1 N–H and O–H groups in total. The second kappa shape index (κ2) is 4.70. The molecule has 2 rings (SSSR count). The summed E-state index contributed by atoms with van der Waals surface area (Å²) in [5.41, 5.74) is 0. The van der Waals surface area contributed by atoms with Crippen molar-refractivity contribution in [3.05, 3.63) is 5.82 Å². The third-order valence-electron chi connectivity index (χ3n) is 2.87. The van der Waals surface area contributed by atoms with Crippen LogP contribution in [0.2, 0.25) is 0 Å². The van der Waals surface area contributed by atoms with Crippen molar-refractivity contribution in [1.29, 1.82) is 0 Å². The van der Waals surface area contributed by atoms with Crippen molar-refractivity contribution >= 4 is 0 Å². The molecule has 1 aliphatic rings. The number of hydrogen-bond donors (Lipinski definition) is 1. The summed E-state index contributed by atoms with van der Waals surface area (Å²) in [6.45, 7) is 3.30. The smallest absolute Gasteiger partial charge is 0.175 e. The van der Waals surface area contributed by atoms with Crippen molar-refractivity contribution in [3.63, 3.8) is 0 Å². The van der Waals surface area contributed by atoms with Crippen LogP contribution in [0.4, 0.5) is 0 Å². The van der Waals surface area contributed by atoms with E-state index < -0.39 is 0 Å². The van der Waals surface area contributed by atoms with Crippen molar-refractivity contribution in [2.24, 2.45) is 13.0 Å². The first-order chi connectivity index (χ1) is 7.28. The van der Waals surface area contributed by atoms with Gasteiger partial charge < -0.3 is 5.32 Å². The number of nitrogens with zero attached hydrogens (tertiary/aromatic N) is 4. The van der Waals surface area contributed by atoms with Crippen LogP contribution in [0.5, 0.6) is 0 Å². The molecule has 15 heavy (non-hydrogen) atoms. The Balaban J connectivity index is 1.78. The number of tetrazole rings is 1. The Morgan fingerprint density at radius 3 is 2.87 bits per heavy atom. The van der Waals surface area contributed by atoms with Gasteiger partial charge in [0.1, 0.15) is 0 Å². The third-order valence-corrected chi connectivity index (χ3v) is 2.87. The van der Waals surface area contributed by atoms with Gasteiger partial charge in [-0.2, -0.15) is 4.80 Å². The van der Waals surface area contributed by atoms with Crippen LogP contribution < -0.4 is 5.32 Å². The Bertz CT molecular complexity index is 305. The lowest BCUT2D eigenvalue weighted by Gasteiger charge is -2.12. The van der Waals surface area contributed by atoms with E-state index in [-0.39, 0.29) is 0 Å². The van der Waals surface area contributed by atoms with Crippen LogP contribution in [0.3, 0.4) is 0 Å². The van der Waals surface area contributed by atoms with Crippen LogP contribution in [0, 0.1) is 5.92 Å². The van der Waals surface area contributed by atoms with E-state index in [4.69, 9.17) is 0 Å². The fraction of sp³-hybridized carbons (Fsp3) is 0.900. The summed E-state index contributed by atoms with van der Waals surface area (Å²) in [5, 5.41) is 15.6. The number of aromatic nitrogens is 4. The molecule has 84 valence electrons. The zero-order valence-electron chi connectivity index (χ0n) is 9.48. The summed E-state index contributed by atoms with van der Waals surface area (Å²) in [7, 11) is 1.81. The summed E-state index contributed by atoms with van der Waals surface area (Å²) in [5.74, 6) is 1.50. The second-order valence-electron chi connectivity index (χ2n) is 4.36. The van der Waals surface area contributed by atoms with Crippen LogP contribution in [0.15, 0.2) is 0 Å². The minimum absolute atomic E-state index is 0.634. The zero-order valence-corrected chi connectivity index (χ0v) is 9.48. The highest BCUT2D eigenvalue weighted by molar-refractivity contribution is 4.85. The molecule has 5 heteroatoms. The van der Waals surface area contributed by atoms with E-state index in [0.29, 0.717) is 5.92 Å². The van der Waals surface area contributed by atoms with Crippen LogP contribution in [-0.2, 0) is 13.5 Å². The van der Waals surface area contributed by atoms with Gasteiger partial charge >= 0.3 is 0 Å².